The van der Waals surface area contributed by atoms with E-state index in [1.54, 1.807) is 24.3 Å². The summed E-state index contributed by atoms with van der Waals surface area (Å²) in [5, 5.41) is 14.5. The molecule has 0 aliphatic heterocycles. The van der Waals surface area contributed by atoms with Gasteiger partial charge in [0.25, 0.3) is 5.91 Å². The summed E-state index contributed by atoms with van der Waals surface area (Å²) in [7, 11) is 1.53. The SMILES string of the molecule is COC1=CC(=N)/C(=C\NC2CCCCC2)C=C1NC(=O)c1cccc(C)n1. The van der Waals surface area contributed by atoms with Crippen molar-refractivity contribution in [3.8, 4) is 0 Å². The Balaban J connectivity index is 1.76. The number of carbonyl (C=O) groups excluding carboxylic acids is 1. The van der Waals surface area contributed by atoms with E-state index < -0.39 is 0 Å². The van der Waals surface area contributed by atoms with Crippen LogP contribution in [0.4, 0.5) is 0 Å². The summed E-state index contributed by atoms with van der Waals surface area (Å²) < 4.78 is 5.35. The molecule has 27 heavy (non-hydrogen) atoms. The van der Waals surface area contributed by atoms with Crippen LogP contribution in [0.2, 0.25) is 0 Å². The summed E-state index contributed by atoms with van der Waals surface area (Å²) in [6.45, 7) is 1.84. The number of nitrogens with one attached hydrogen (secondary N) is 3. The average Bonchev–Trinajstić information content (AvgIpc) is 2.68. The average molecular weight is 366 g/mol. The molecule has 1 aromatic heterocycles. The van der Waals surface area contributed by atoms with Gasteiger partial charge in [-0.05, 0) is 38.0 Å². The van der Waals surface area contributed by atoms with Gasteiger partial charge in [-0.15, -0.1) is 0 Å². The molecule has 1 aromatic rings. The zero-order valence-corrected chi connectivity index (χ0v) is 15.8. The van der Waals surface area contributed by atoms with Crippen LogP contribution in [-0.2, 0) is 4.74 Å². The number of pyridine rings is 1. The van der Waals surface area contributed by atoms with E-state index in [0.717, 1.165) is 18.5 Å². The Bertz CT molecular complexity index is 817. The number of hydrogen-bond donors (Lipinski definition) is 3. The van der Waals surface area contributed by atoms with E-state index in [1.807, 2.05) is 19.2 Å². The van der Waals surface area contributed by atoms with Crippen molar-refractivity contribution in [2.24, 2.45) is 0 Å². The fourth-order valence-electron chi connectivity index (χ4n) is 3.32. The molecule has 0 atom stereocenters. The van der Waals surface area contributed by atoms with Crippen molar-refractivity contribution in [2.45, 2.75) is 45.1 Å². The topological polar surface area (TPSA) is 87.1 Å². The van der Waals surface area contributed by atoms with Gasteiger partial charge in [-0.3, -0.25) is 4.79 Å². The molecule has 0 aromatic carbocycles. The van der Waals surface area contributed by atoms with Crippen molar-refractivity contribution in [2.75, 3.05) is 7.11 Å². The van der Waals surface area contributed by atoms with Crippen LogP contribution >= 0.6 is 0 Å². The minimum Gasteiger partial charge on any atom is -0.494 e. The second-order valence-corrected chi connectivity index (χ2v) is 6.90. The second-order valence-electron chi connectivity index (χ2n) is 6.90. The first kappa shape index (κ1) is 18.9. The van der Waals surface area contributed by atoms with Gasteiger partial charge in [0.1, 0.15) is 11.5 Å². The number of methoxy groups -OCH3 is 1. The van der Waals surface area contributed by atoms with E-state index in [9.17, 15) is 4.79 Å². The first-order chi connectivity index (χ1) is 13.1. The van der Waals surface area contributed by atoms with Crippen LogP contribution in [0.5, 0.6) is 0 Å². The van der Waals surface area contributed by atoms with Gasteiger partial charge in [-0.25, -0.2) is 4.98 Å². The van der Waals surface area contributed by atoms with Crippen LogP contribution in [0, 0.1) is 12.3 Å². The Labute approximate surface area is 159 Å². The van der Waals surface area contributed by atoms with Gasteiger partial charge in [0, 0.05) is 29.6 Å². The highest BCUT2D eigenvalue weighted by Crippen LogP contribution is 2.21. The molecule has 6 heteroatoms. The first-order valence-corrected chi connectivity index (χ1v) is 9.34. The quantitative estimate of drug-likeness (QED) is 0.746. The Hall–Kier alpha value is -2.89. The molecule has 142 valence electrons. The van der Waals surface area contributed by atoms with E-state index in [-0.39, 0.29) is 5.91 Å². The normalized spacial score (nSPS) is 19.3. The van der Waals surface area contributed by atoms with Gasteiger partial charge >= 0.3 is 0 Å². The van der Waals surface area contributed by atoms with Gasteiger partial charge in [-0.2, -0.15) is 0 Å². The van der Waals surface area contributed by atoms with Crippen molar-refractivity contribution in [3.05, 3.63) is 65.0 Å². The molecular weight excluding hydrogens is 340 g/mol. The molecule has 0 saturated heterocycles. The molecule has 0 bridgehead atoms. The molecule has 6 nitrogen and oxygen atoms in total. The Kier molecular flexibility index (Phi) is 6.06. The third-order valence-corrected chi connectivity index (χ3v) is 4.82. The number of allylic oxidation sites excluding steroid dienone is 3. The van der Waals surface area contributed by atoms with Crippen LogP contribution in [0.1, 0.15) is 48.3 Å². The standard InChI is InChI=1S/C21H26N4O2/c1-14-7-6-10-18(24-14)21(26)25-19-11-15(17(22)12-20(19)27-2)13-23-16-8-4-3-5-9-16/h6-7,10-13,16,22-23H,3-5,8-9H2,1-2H3,(H,25,26)/b15-13-,22-17?. The maximum absolute atomic E-state index is 12.5. The molecule has 3 rings (SSSR count). The van der Waals surface area contributed by atoms with Crippen LogP contribution in [-0.4, -0.2) is 29.8 Å². The highest BCUT2D eigenvalue weighted by atomic mass is 16.5. The van der Waals surface area contributed by atoms with Gasteiger partial charge in [0.15, 0.2) is 0 Å². The summed E-state index contributed by atoms with van der Waals surface area (Å²) in [6.07, 6.45) is 11.4. The van der Waals surface area contributed by atoms with Crippen molar-refractivity contribution in [1.29, 1.82) is 5.41 Å². The monoisotopic (exact) mass is 366 g/mol. The Morgan fingerprint density at radius 3 is 2.74 bits per heavy atom. The summed E-state index contributed by atoms with van der Waals surface area (Å²) in [5.41, 5.74) is 2.72. The van der Waals surface area contributed by atoms with Crippen molar-refractivity contribution in [3.63, 3.8) is 0 Å². The molecule has 1 amide bonds. The molecular formula is C21H26N4O2. The molecule has 2 aliphatic rings. The van der Waals surface area contributed by atoms with Crippen LogP contribution in [0.15, 0.2) is 53.6 Å². The molecule has 1 heterocycles. The highest BCUT2D eigenvalue weighted by molar-refractivity contribution is 6.10. The van der Waals surface area contributed by atoms with Crippen molar-refractivity contribution in [1.82, 2.24) is 15.6 Å². The summed E-state index contributed by atoms with van der Waals surface area (Å²) in [5.74, 6) is 0.150. The van der Waals surface area contributed by atoms with Crippen molar-refractivity contribution < 1.29 is 9.53 Å². The maximum atomic E-state index is 12.5. The van der Waals surface area contributed by atoms with Gasteiger partial charge in [0.05, 0.1) is 18.5 Å². The molecule has 2 aliphatic carbocycles. The third-order valence-electron chi connectivity index (χ3n) is 4.82. The van der Waals surface area contributed by atoms with Gasteiger partial charge in [-0.1, -0.05) is 25.3 Å². The number of aryl methyl sites for hydroxylation is 1. The summed E-state index contributed by atoms with van der Waals surface area (Å²) in [6, 6.07) is 5.77. The number of hydrogen-bond acceptors (Lipinski definition) is 5. The van der Waals surface area contributed by atoms with E-state index in [4.69, 9.17) is 10.1 Å². The number of amides is 1. The lowest BCUT2D eigenvalue weighted by Gasteiger charge is -2.23. The maximum Gasteiger partial charge on any atom is 0.274 e. The lowest BCUT2D eigenvalue weighted by molar-refractivity contribution is 0.0957. The number of carbonyl (C=O) groups is 1. The highest BCUT2D eigenvalue weighted by Gasteiger charge is 2.20. The molecule has 3 N–H and O–H groups in total. The van der Waals surface area contributed by atoms with E-state index in [1.165, 1.54) is 26.4 Å². The summed E-state index contributed by atoms with van der Waals surface area (Å²) >= 11 is 0. The minimum absolute atomic E-state index is 0.305. The molecule has 0 spiro atoms. The number of aromatic nitrogens is 1. The third kappa shape index (κ3) is 4.84. The summed E-state index contributed by atoms with van der Waals surface area (Å²) in [4.78, 5) is 16.8. The van der Waals surface area contributed by atoms with Crippen molar-refractivity contribution >= 4 is 11.6 Å². The van der Waals surface area contributed by atoms with Crippen LogP contribution in [0.25, 0.3) is 0 Å². The minimum atomic E-state index is -0.305. The fraction of sp³-hybridized carbons (Fsp3) is 0.381. The number of rotatable bonds is 5. The van der Waals surface area contributed by atoms with Crippen LogP contribution in [0.3, 0.4) is 0 Å². The number of ether oxygens (including phenoxy) is 1. The zero-order chi connectivity index (χ0) is 19.2. The molecule has 0 unspecified atom stereocenters. The molecule has 1 fully saturated rings. The molecule has 1 saturated carbocycles. The lowest BCUT2D eigenvalue weighted by atomic mass is 9.95. The smallest absolute Gasteiger partial charge is 0.274 e. The lowest BCUT2D eigenvalue weighted by Crippen LogP contribution is -2.29. The fourth-order valence-corrected chi connectivity index (χ4v) is 3.32. The van der Waals surface area contributed by atoms with Gasteiger partial charge in [0.2, 0.25) is 0 Å². The Morgan fingerprint density at radius 1 is 1.26 bits per heavy atom. The van der Waals surface area contributed by atoms with Crippen LogP contribution < -0.4 is 10.6 Å². The second kappa shape index (κ2) is 8.66. The van der Waals surface area contributed by atoms with Gasteiger partial charge < -0.3 is 20.8 Å². The zero-order valence-electron chi connectivity index (χ0n) is 15.8. The Morgan fingerprint density at radius 2 is 2.04 bits per heavy atom. The predicted molar refractivity (Wildman–Crippen MR) is 105 cm³/mol. The first-order valence-electron chi connectivity index (χ1n) is 9.34. The van der Waals surface area contributed by atoms with E-state index >= 15 is 0 Å². The van der Waals surface area contributed by atoms with E-state index in [2.05, 4.69) is 15.6 Å². The predicted octanol–water partition coefficient (Wildman–Crippen LogP) is 3.37. The molecule has 0 radical (unpaired) electrons. The largest absolute Gasteiger partial charge is 0.494 e. The number of nitrogens with zero attached hydrogens (tertiary/aromatic N) is 1. The van der Waals surface area contributed by atoms with E-state index in [0.29, 0.717) is 34.5 Å².